The van der Waals surface area contributed by atoms with Gasteiger partial charge in [0.1, 0.15) is 6.61 Å². The Morgan fingerprint density at radius 2 is 1.77 bits per heavy atom. The molecule has 0 atom stereocenters. The normalized spacial score (nSPS) is 11.2. The number of rotatable bonds is 8. The Kier molecular flexibility index (Phi) is 7.35. The number of nitrogens with zero attached hydrogens (tertiary/aromatic N) is 1. The van der Waals surface area contributed by atoms with Gasteiger partial charge in [-0.25, -0.2) is 4.79 Å². The van der Waals surface area contributed by atoms with Crippen molar-refractivity contribution >= 4 is 40.0 Å². The molecule has 0 aromatic heterocycles. The van der Waals surface area contributed by atoms with Gasteiger partial charge < -0.3 is 14.6 Å². The minimum atomic E-state index is -1.00. The van der Waals surface area contributed by atoms with E-state index in [1.165, 1.54) is 6.07 Å². The summed E-state index contributed by atoms with van der Waals surface area (Å²) < 4.78 is 11.7. The second kappa shape index (κ2) is 10.8. The van der Waals surface area contributed by atoms with Crippen LogP contribution >= 0.6 is 11.6 Å². The molecule has 0 saturated carbocycles. The summed E-state index contributed by atoms with van der Waals surface area (Å²) in [6, 6.07) is 26.2. The van der Waals surface area contributed by atoms with E-state index in [-0.39, 0.29) is 12.2 Å². The van der Waals surface area contributed by atoms with Gasteiger partial charge in [-0.05, 0) is 70.8 Å². The van der Waals surface area contributed by atoms with Crippen LogP contribution in [0.5, 0.6) is 11.5 Å². The number of hydrogen-bond acceptors (Lipinski definition) is 4. The maximum absolute atomic E-state index is 11.2. The van der Waals surface area contributed by atoms with Gasteiger partial charge in [-0.1, -0.05) is 60.1 Å². The van der Waals surface area contributed by atoms with Crippen LogP contribution < -0.4 is 9.47 Å². The lowest BCUT2D eigenvalue weighted by Crippen LogP contribution is -2.02. The number of halogens is 1. The van der Waals surface area contributed by atoms with Crippen molar-refractivity contribution in [3.05, 3.63) is 106 Å². The third-order valence-electron chi connectivity index (χ3n) is 5.38. The Morgan fingerprint density at radius 3 is 2.51 bits per heavy atom. The molecule has 0 aliphatic heterocycles. The molecule has 0 heterocycles. The van der Waals surface area contributed by atoms with E-state index in [2.05, 4.69) is 6.07 Å². The van der Waals surface area contributed by atoms with E-state index >= 15 is 0 Å². The van der Waals surface area contributed by atoms with Crippen LogP contribution in [0.15, 0.2) is 78.9 Å². The molecule has 174 valence electrons. The van der Waals surface area contributed by atoms with Gasteiger partial charge in [-0.3, -0.25) is 0 Å². The minimum absolute atomic E-state index is 0.122. The van der Waals surface area contributed by atoms with Crippen LogP contribution in [0.4, 0.5) is 0 Å². The number of allylic oxidation sites excluding steroid dienone is 1. The Balaban J connectivity index is 1.64. The molecule has 0 aliphatic carbocycles. The fraction of sp³-hybridized carbons (Fsp3) is 0.103. The number of benzene rings is 4. The molecule has 0 radical (unpaired) electrons. The van der Waals surface area contributed by atoms with E-state index in [4.69, 9.17) is 21.1 Å². The molecular weight excluding hydrogens is 462 g/mol. The number of fused-ring (bicyclic) bond motifs is 1. The van der Waals surface area contributed by atoms with Gasteiger partial charge >= 0.3 is 5.97 Å². The van der Waals surface area contributed by atoms with Gasteiger partial charge in [-0.2, -0.15) is 5.26 Å². The smallest absolute Gasteiger partial charge is 0.335 e. The maximum atomic E-state index is 11.2. The van der Waals surface area contributed by atoms with E-state index in [1.54, 1.807) is 36.4 Å². The predicted molar refractivity (Wildman–Crippen MR) is 138 cm³/mol. The highest BCUT2D eigenvalue weighted by molar-refractivity contribution is 6.32. The zero-order chi connectivity index (χ0) is 24.8. The van der Waals surface area contributed by atoms with Gasteiger partial charge in [-0.15, -0.1) is 0 Å². The number of aromatic carboxylic acids is 1. The van der Waals surface area contributed by atoms with Gasteiger partial charge in [0.05, 0.1) is 28.8 Å². The molecule has 35 heavy (non-hydrogen) atoms. The molecule has 0 bridgehead atoms. The molecule has 4 rings (SSSR count). The molecule has 1 N–H and O–H groups in total. The Bertz CT molecular complexity index is 1470. The maximum Gasteiger partial charge on any atom is 0.335 e. The molecule has 4 aromatic rings. The topological polar surface area (TPSA) is 79.5 Å². The van der Waals surface area contributed by atoms with E-state index in [0.717, 1.165) is 16.3 Å². The Labute approximate surface area is 208 Å². The largest absolute Gasteiger partial charge is 0.490 e. The Morgan fingerprint density at radius 1 is 0.971 bits per heavy atom. The van der Waals surface area contributed by atoms with E-state index in [9.17, 15) is 15.2 Å². The van der Waals surface area contributed by atoms with Crippen LogP contribution in [0.1, 0.15) is 34.0 Å². The van der Waals surface area contributed by atoms with Crippen LogP contribution in [0.2, 0.25) is 5.02 Å². The molecule has 0 fully saturated rings. The van der Waals surface area contributed by atoms with Crippen molar-refractivity contribution < 1.29 is 19.4 Å². The first-order valence-electron chi connectivity index (χ1n) is 11.0. The second-order valence-corrected chi connectivity index (χ2v) is 8.20. The summed E-state index contributed by atoms with van der Waals surface area (Å²) in [6.07, 6.45) is 1.76. The van der Waals surface area contributed by atoms with E-state index in [1.807, 2.05) is 49.4 Å². The highest BCUT2D eigenvalue weighted by Crippen LogP contribution is 2.38. The first-order valence-corrected chi connectivity index (χ1v) is 11.4. The van der Waals surface area contributed by atoms with Crippen molar-refractivity contribution in [2.24, 2.45) is 0 Å². The van der Waals surface area contributed by atoms with Crippen molar-refractivity contribution in [1.29, 1.82) is 5.26 Å². The van der Waals surface area contributed by atoms with Crippen LogP contribution in [-0.4, -0.2) is 17.7 Å². The Hall–Kier alpha value is -4.27. The lowest BCUT2D eigenvalue weighted by atomic mass is 10.00. The van der Waals surface area contributed by atoms with Crippen LogP contribution in [-0.2, 0) is 6.61 Å². The van der Waals surface area contributed by atoms with Crippen molar-refractivity contribution in [2.75, 3.05) is 6.61 Å². The number of nitriles is 1. The van der Waals surface area contributed by atoms with Gasteiger partial charge in [0, 0.05) is 0 Å². The van der Waals surface area contributed by atoms with Gasteiger partial charge in [0.2, 0.25) is 0 Å². The lowest BCUT2D eigenvalue weighted by molar-refractivity contribution is 0.0696. The molecule has 0 unspecified atom stereocenters. The summed E-state index contributed by atoms with van der Waals surface area (Å²) in [6.45, 7) is 2.37. The fourth-order valence-electron chi connectivity index (χ4n) is 3.73. The fourth-order valence-corrected chi connectivity index (χ4v) is 4.00. The highest BCUT2D eigenvalue weighted by atomic mass is 35.5. The first kappa shape index (κ1) is 23.9. The van der Waals surface area contributed by atoms with Gasteiger partial charge in [0.25, 0.3) is 0 Å². The third kappa shape index (κ3) is 5.63. The van der Waals surface area contributed by atoms with Crippen molar-refractivity contribution in [3.63, 3.8) is 0 Å². The van der Waals surface area contributed by atoms with Crippen molar-refractivity contribution in [2.45, 2.75) is 13.5 Å². The summed E-state index contributed by atoms with van der Waals surface area (Å²) in [5, 5.41) is 21.5. The molecule has 0 saturated heterocycles. The van der Waals surface area contributed by atoms with Crippen LogP contribution in [0.25, 0.3) is 22.4 Å². The molecule has 6 heteroatoms. The zero-order valence-corrected chi connectivity index (χ0v) is 19.8. The highest BCUT2D eigenvalue weighted by Gasteiger charge is 2.14. The van der Waals surface area contributed by atoms with Crippen LogP contribution in [0.3, 0.4) is 0 Å². The minimum Gasteiger partial charge on any atom is -0.490 e. The summed E-state index contributed by atoms with van der Waals surface area (Å²) >= 11 is 6.56. The summed E-state index contributed by atoms with van der Waals surface area (Å²) in [5.41, 5.74) is 2.87. The van der Waals surface area contributed by atoms with E-state index in [0.29, 0.717) is 39.8 Å². The van der Waals surface area contributed by atoms with Gasteiger partial charge in [0.15, 0.2) is 11.5 Å². The standard InChI is InChI=1S/C29H22ClNO4/c1-2-34-27-15-20(13-25(17-31)23-11-10-21-7-3-4-8-22(21)16-23)14-26(30)28(27)35-18-19-6-5-9-24(12-19)29(32)33/h3-16H,2,18H2,1H3,(H,32,33)/b25-13-. The average molecular weight is 484 g/mol. The summed E-state index contributed by atoms with van der Waals surface area (Å²) in [7, 11) is 0. The number of carboxylic acid groups (broad SMARTS) is 1. The SMILES string of the molecule is CCOc1cc(/C=C(/C#N)c2ccc3ccccc3c2)cc(Cl)c1OCc1cccc(C(=O)O)c1. The van der Waals surface area contributed by atoms with E-state index < -0.39 is 5.97 Å². The number of carboxylic acids is 1. The van der Waals surface area contributed by atoms with Crippen LogP contribution in [0, 0.1) is 11.3 Å². The number of hydrogen-bond donors (Lipinski definition) is 1. The zero-order valence-electron chi connectivity index (χ0n) is 19.0. The predicted octanol–water partition coefficient (Wildman–Crippen LogP) is 7.23. The molecule has 0 amide bonds. The van der Waals surface area contributed by atoms with Crippen molar-refractivity contribution in [3.8, 4) is 17.6 Å². The number of ether oxygens (including phenoxy) is 2. The number of carbonyl (C=O) groups is 1. The molecule has 0 spiro atoms. The lowest BCUT2D eigenvalue weighted by Gasteiger charge is -2.15. The summed E-state index contributed by atoms with van der Waals surface area (Å²) in [4.78, 5) is 11.2. The average Bonchev–Trinajstić information content (AvgIpc) is 2.87. The quantitative estimate of drug-likeness (QED) is 0.211. The summed E-state index contributed by atoms with van der Waals surface area (Å²) in [5.74, 6) is -0.206. The monoisotopic (exact) mass is 483 g/mol. The molecular formula is C29H22ClNO4. The molecule has 4 aromatic carbocycles. The molecule has 5 nitrogen and oxygen atoms in total. The third-order valence-corrected chi connectivity index (χ3v) is 5.66. The molecule has 0 aliphatic rings. The van der Waals surface area contributed by atoms with Crippen molar-refractivity contribution in [1.82, 2.24) is 0 Å². The first-order chi connectivity index (χ1) is 17.0. The second-order valence-electron chi connectivity index (χ2n) is 7.79.